The van der Waals surface area contributed by atoms with E-state index < -0.39 is 35.9 Å². The summed E-state index contributed by atoms with van der Waals surface area (Å²) in [4.78, 5) is 0. The Balaban J connectivity index is 1.54. The summed E-state index contributed by atoms with van der Waals surface area (Å²) >= 11 is 6.65. The molecule has 0 saturated heterocycles. The van der Waals surface area contributed by atoms with Crippen LogP contribution in [0, 0.1) is 18.8 Å². The van der Waals surface area contributed by atoms with Gasteiger partial charge in [-0.05, 0) is 59.6 Å². The molecule has 2 nitrogen and oxygen atoms in total. The molecule has 42 heavy (non-hydrogen) atoms. The van der Waals surface area contributed by atoms with Gasteiger partial charge in [-0.3, -0.25) is 0 Å². The molecule has 0 unspecified atom stereocenters. The molecule has 0 N–H and O–H groups in total. The Labute approximate surface area is 253 Å². The normalized spacial score (nSPS) is 23.5. The first kappa shape index (κ1) is 30.4. The van der Waals surface area contributed by atoms with E-state index in [1.54, 1.807) is 12.1 Å². The van der Waals surface area contributed by atoms with Gasteiger partial charge in [-0.2, -0.15) is 0 Å². The average molecular weight is 589 g/mol. The zero-order chi connectivity index (χ0) is 29.7. The van der Waals surface area contributed by atoms with Crippen LogP contribution in [0.5, 0.6) is 0 Å². The molecule has 1 aliphatic rings. The van der Waals surface area contributed by atoms with Crippen LogP contribution in [0.1, 0.15) is 59.6 Å². The van der Waals surface area contributed by atoms with Gasteiger partial charge < -0.3 is 9.47 Å². The van der Waals surface area contributed by atoms with Crippen LogP contribution in [-0.4, -0.2) is 18.1 Å². The Hall–Kier alpha value is -3.05. The highest BCUT2D eigenvalue weighted by molar-refractivity contribution is 6.31. The van der Waals surface area contributed by atoms with E-state index in [1.807, 2.05) is 87.5 Å². The summed E-state index contributed by atoms with van der Waals surface area (Å²) in [6.45, 7) is 6.32. The van der Waals surface area contributed by atoms with E-state index in [4.69, 9.17) is 21.1 Å². The minimum atomic E-state index is -3.02. The summed E-state index contributed by atoms with van der Waals surface area (Å²) in [7, 11) is 0. The third-order valence-corrected chi connectivity index (χ3v) is 9.04. The molecule has 0 spiro atoms. The Morgan fingerprint density at radius 2 is 1.31 bits per heavy atom. The molecular formula is C37H39ClF2O2. The predicted octanol–water partition coefficient (Wildman–Crippen LogP) is 9.80. The van der Waals surface area contributed by atoms with E-state index in [0.29, 0.717) is 30.0 Å². The highest BCUT2D eigenvalue weighted by Crippen LogP contribution is 2.54. The number of aryl methyl sites for hydroxylation is 1. The number of halogens is 3. The zero-order valence-corrected chi connectivity index (χ0v) is 25.2. The molecular weight excluding hydrogens is 550 g/mol. The molecule has 0 bridgehead atoms. The van der Waals surface area contributed by atoms with Gasteiger partial charge in [0, 0.05) is 10.9 Å². The monoisotopic (exact) mass is 588 g/mol. The standard InChI is InChI=1S/C37H39ClF2O2/c1-4-32-26(3)35(41-23-28-11-7-5-8-12-28)36(42-24-29-13-9-6-10-14-29)34(37(32,39)40)30-19-20-33(38)31(22-30)21-27-17-15-25(2)16-18-27/h5-20,22,26,32,34-36H,4,21,23-24H2,1-3H3/t26-,32-,34+,35+,36+/m1/s1. The van der Waals surface area contributed by atoms with Crippen LogP contribution in [-0.2, 0) is 29.1 Å². The van der Waals surface area contributed by atoms with E-state index in [0.717, 1.165) is 22.3 Å². The second kappa shape index (κ2) is 13.5. The van der Waals surface area contributed by atoms with Gasteiger partial charge in [0.2, 0.25) is 0 Å². The molecule has 0 aliphatic heterocycles. The van der Waals surface area contributed by atoms with Crippen LogP contribution in [0.25, 0.3) is 0 Å². The van der Waals surface area contributed by atoms with Gasteiger partial charge in [-0.1, -0.05) is 128 Å². The summed E-state index contributed by atoms with van der Waals surface area (Å²) in [6.07, 6.45) is -0.497. The highest BCUT2D eigenvalue weighted by Gasteiger charge is 2.60. The minimum Gasteiger partial charge on any atom is -0.371 e. The van der Waals surface area contributed by atoms with Crippen LogP contribution in [0.3, 0.4) is 0 Å². The molecule has 0 aromatic heterocycles. The van der Waals surface area contributed by atoms with Crippen LogP contribution in [0.4, 0.5) is 8.78 Å². The second-order valence-corrected chi connectivity index (χ2v) is 12.0. The van der Waals surface area contributed by atoms with Crippen LogP contribution in [0.2, 0.25) is 5.02 Å². The maximum Gasteiger partial charge on any atom is 0.260 e. The molecule has 1 saturated carbocycles. The molecule has 5 heteroatoms. The average Bonchev–Trinajstić information content (AvgIpc) is 2.99. The van der Waals surface area contributed by atoms with E-state index in [-0.39, 0.29) is 6.61 Å². The first-order valence-electron chi connectivity index (χ1n) is 14.8. The lowest BCUT2D eigenvalue weighted by molar-refractivity contribution is -0.231. The molecule has 5 atom stereocenters. The van der Waals surface area contributed by atoms with Gasteiger partial charge >= 0.3 is 0 Å². The van der Waals surface area contributed by atoms with Crippen LogP contribution >= 0.6 is 11.6 Å². The van der Waals surface area contributed by atoms with Crippen molar-refractivity contribution in [3.63, 3.8) is 0 Å². The minimum absolute atomic E-state index is 0.219. The lowest BCUT2D eigenvalue weighted by Gasteiger charge is -2.50. The van der Waals surface area contributed by atoms with Gasteiger partial charge in [0.25, 0.3) is 5.92 Å². The molecule has 0 amide bonds. The molecule has 1 fully saturated rings. The van der Waals surface area contributed by atoms with Crippen molar-refractivity contribution in [1.29, 1.82) is 0 Å². The van der Waals surface area contributed by atoms with Crippen molar-refractivity contribution in [1.82, 2.24) is 0 Å². The molecule has 0 radical (unpaired) electrons. The predicted molar refractivity (Wildman–Crippen MR) is 166 cm³/mol. The fraction of sp³-hybridized carbons (Fsp3) is 0.351. The number of alkyl halides is 2. The van der Waals surface area contributed by atoms with Crippen molar-refractivity contribution >= 4 is 11.6 Å². The molecule has 1 aliphatic carbocycles. The number of rotatable bonds is 10. The molecule has 5 rings (SSSR count). The van der Waals surface area contributed by atoms with Gasteiger partial charge in [-0.25, -0.2) is 8.78 Å². The Kier molecular flexibility index (Phi) is 9.77. The van der Waals surface area contributed by atoms with Crippen molar-refractivity contribution in [2.45, 2.75) is 70.9 Å². The first-order chi connectivity index (χ1) is 20.3. The van der Waals surface area contributed by atoms with Crippen molar-refractivity contribution in [2.75, 3.05) is 0 Å². The van der Waals surface area contributed by atoms with Gasteiger partial charge in [0.15, 0.2) is 0 Å². The van der Waals surface area contributed by atoms with E-state index in [2.05, 4.69) is 24.3 Å². The number of ether oxygens (including phenoxy) is 2. The third kappa shape index (κ3) is 6.78. The molecule has 220 valence electrons. The SMILES string of the molecule is CC[C@@H]1[C@@H](C)[C@H](OCc2ccccc2)[C@@H](OCc2ccccc2)[C@H](c2ccc(Cl)c(Cc3ccc(C)cc3)c2)C1(F)F. The maximum absolute atomic E-state index is 16.7. The lowest BCUT2D eigenvalue weighted by atomic mass is 9.65. The fourth-order valence-electron chi connectivity index (χ4n) is 6.39. The van der Waals surface area contributed by atoms with Crippen LogP contribution in [0.15, 0.2) is 103 Å². The fourth-order valence-corrected chi connectivity index (χ4v) is 6.58. The summed E-state index contributed by atoms with van der Waals surface area (Å²) < 4.78 is 46.5. The quantitative estimate of drug-likeness (QED) is 0.183. The van der Waals surface area contributed by atoms with E-state index in [1.165, 1.54) is 5.56 Å². The molecule has 0 heterocycles. The Bertz CT molecular complexity index is 1430. The van der Waals surface area contributed by atoms with E-state index >= 15 is 8.78 Å². The van der Waals surface area contributed by atoms with Gasteiger partial charge in [0.05, 0.1) is 31.3 Å². The Morgan fingerprint density at radius 3 is 1.88 bits per heavy atom. The Morgan fingerprint density at radius 1 is 0.738 bits per heavy atom. The number of hydrogen-bond donors (Lipinski definition) is 0. The summed E-state index contributed by atoms with van der Waals surface area (Å²) in [6, 6.07) is 33.1. The maximum atomic E-state index is 16.7. The second-order valence-electron chi connectivity index (χ2n) is 11.6. The number of benzene rings is 4. The third-order valence-electron chi connectivity index (χ3n) is 8.67. The van der Waals surface area contributed by atoms with Crippen molar-refractivity contribution in [2.24, 2.45) is 11.8 Å². The zero-order valence-electron chi connectivity index (χ0n) is 24.5. The summed E-state index contributed by atoms with van der Waals surface area (Å²) in [5.41, 5.74) is 5.53. The van der Waals surface area contributed by atoms with Crippen molar-refractivity contribution in [3.05, 3.63) is 142 Å². The lowest BCUT2D eigenvalue weighted by Crippen LogP contribution is -2.58. The molecule has 4 aromatic carbocycles. The van der Waals surface area contributed by atoms with E-state index in [9.17, 15) is 0 Å². The molecule has 4 aromatic rings. The topological polar surface area (TPSA) is 18.5 Å². The van der Waals surface area contributed by atoms with Gasteiger partial charge in [0.1, 0.15) is 0 Å². The van der Waals surface area contributed by atoms with Crippen molar-refractivity contribution < 1.29 is 18.3 Å². The van der Waals surface area contributed by atoms with Gasteiger partial charge in [-0.15, -0.1) is 0 Å². The largest absolute Gasteiger partial charge is 0.371 e. The smallest absolute Gasteiger partial charge is 0.260 e. The van der Waals surface area contributed by atoms with Crippen LogP contribution < -0.4 is 0 Å². The van der Waals surface area contributed by atoms with Crippen molar-refractivity contribution in [3.8, 4) is 0 Å². The first-order valence-corrected chi connectivity index (χ1v) is 15.2. The summed E-state index contributed by atoms with van der Waals surface area (Å²) in [5, 5.41) is 0.567. The highest BCUT2D eigenvalue weighted by atomic mass is 35.5. The summed E-state index contributed by atoms with van der Waals surface area (Å²) in [5.74, 6) is -5.49. The number of hydrogen-bond acceptors (Lipinski definition) is 2.